The fraction of sp³-hybridized carbons (Fsp3) is 0.517. The number of anilines is 1. The van der Waals surface area contributed by atoms with Gasteiger partial charge in [-0.2, -0.15) is 0 Å². The topological polar surface area (TPSA) is 111 Å². The molecule has 0 aliphatic heterocycles. The summed E-state index contributed by atoms with van der Waals surface area (Å²) in [7, 11) is 2.49. The smallest absolute Gasteiger partial charge is 0.377 e. The van der Waals surface area contributed by atoms with Crippen molar-refractivity contribution in [3.05, 3.63) is 78.9 Å². The van der Waals surface area contributed by atoms with Crippen LogP contribution in [-0.2, 0) is 27.5 Å². The van der Waals surface area contributed by atoms with Crippen LogP contribution in [0.15, 0.2) is 73.3 Å². The van der Waals surface area contributed by atoms with E-state index in [0.717, 1.165) is 24.1 Å². The molecule has 0 aromatic heterocycles. The monoisotopic (exact) mass is 561 g/mol. The first kappa shape index (κ1) is 33.1. The van der Waals surface area contributed by atoms with Gasteiger partial charge in [0.05, 0.1) is 12.1 Å². The number of hydrogen-bond donors (Lipinski definition) is 2. The van der Waals surface area contributed by atoms with E-state index in [-0.39, 0.29) is 12.1 Å². The van der Waals surface area contributed by atoms with Crippen LogP contribution >= 0.6 is 0 Å². The third kappa shape index (κ3) is 9.78. The number of hydrogen-bond acceptors (Lipinski definition) is 9. The molecule has 218 valence electrons. The van der Waals surface area contributed by atoms with Gasteiger partial charge in [0.25, 0.3) is 0 Å². The molecule has 4 N–H and O–H groups in total. The largest absolute Gasteiger partial charge is 0.506 e. The first-order valence-corrected chi connectivity index (χ1v) is 15.4. The van der Waals surface area contributed by atoms with Gasteiger partial charge in [0.1, 0.15) is 0 Å². The summed E-state index contributed by atoms with van der Waals surface area (Å²) in [6.07, 6.45) is 2.86. The van der Waals surface area contributed by atoms with Crippen molar-refractivity contribution in [2.24, 2.45) is 11.5 Å². The summed E-state index contributed by atoms with van der Waals surface area (Å²) in [6, 6.07) is 21.1. The second-order valence-electron chi connectivity index (χ2n) is 9.07. The van der Waals surface area contributed by atoms with E-state index in [0.29, 0.717) is 38.5 Å². The van der Waals surface area contributed by atoms with Gasteiger partial charge >= 0.3 is 15.0 Å². The zero-order valence-corrected chi connectivity index (χ0v) is 24.9. The van der Waals surface area contributed by atoms with Gasteiger partial charge < -0.3 is 39.4 Å². The maximum atomic E-state index is 6.63. The van der Waals surface area contributed by atoms with E-state index >= 15 is 0 Å². The van der Waals surface area contributed by atoms with Crippen LogP contribution in [0, 0.1) is 0 Å². The minimum Gasteiger partial charge on any atom is -0.377 e. The molecule has 0 amide bonds. The summed E-state index contributed by atoms with van der Waals surface area (Å²) in [5, 5.41) is 0. The number of nitrogens with two attached hydrogens (primary N) is 2. The molecule has 9 nitrogen and oxygen atoms in total. The molecular weight excluding hydrogens is 514 g/mol. The van der Waals surface area contributed by atoms with E-state index in [1.54, 1.807) is 7.11 Å². The van der Waals surface area contributed by atoms with Crippen LogP contribution < -0.4 is 16.4 Å². The zero-order chi connectivity index (χ0) is 28.6. The van der Waals surface area contributed by atoms with Crippen LogP contribution in [-0.4, -0.2) is 69.1 Å². The first-order valence-electron chi connectivity index (χ1n) is 13.4. The molecule has 0 aliphatic carbocycles. The Balaban J connectivity index is 2.36. The molecule has 0 aliphatic rings. The Hall–Kier alpha value is -2.12. The highest BCUT2D eigenvalue weighted by Crippen LogP contribution is 2.32. The molecule has 0 spiro atoms. The summed E-state index contributed by atoms with van der Waals surface area (Å²) in [4.78, 5) is 2.32. The number of benzene rings is 2. The standard InChI is InChI=1S/C29H47N3O6Si/c1-6-28(25-15-9-7-10-16-25)32(26-17-11-8-12-18-26)23-14-24-39(36-5,38-29(33-2,34-3)35-4)37-27(20-22-31)19-13-21-30/h6-12,15-18,27-28H,1,13-14,19-24,30-31H2,2-5H3. The molecule has 10 heteroatoms. The van der Waals surface area contributed by atoms with E-state index in [1.807, 2.05) is 42.5 Å². The molecule has 2 aromatic carbocycles. The van der Waals surface area contributed by atoms with Gasteiger partial charge in [-0.3, -0.25) is 4.43 Å². The summed E-state index contributed by atoms with van der Waals surface area (Å²) in [5.74, 6) is 0. The molecule has 0 bridgehead atoms. The highest BCUT2D eigenvalue weighted by molar-refractivity contribution is 6.60. The second kappa shape index (κ2) is 17.5. The van der Waals surface area contributed by atoms with Crippen molar-refractivity contribution in [1.82, 2.24) is 0 Å². The predicted octanol–water partition coefficient (Wildman–Crippen LogP) is 4.44. The molecule has 0 heterocycles. The molecule has 3 atom stereocenters. The van der Waals surface area contributed by atoms with Crippen molar-refractivity contribution in [1.29, 1.82) is 0 Å². The lowest BCUT2D eigenvalue weighted by Gasteiger charge is -2.39. The van der Waals surface area contributed by atoms with Crippen molar-refractivity contribution in [3.63, 3.8) is 0 Å². The lowest BCUT2D eigenvalue weighted by atomic mass is 10.0. The Kier molecular flexibility index (Phi) is 14.9. The second-order valence-corrected chi connectivity index (χ2v) is 11.8. The highest BCUT2D eigenvalue weighted by atomic mass is 28.4. The SMILES string of the molecule is C=CC(c1ccccc1)N(CCC[Si](OC)(OC(CCN)CCCN)OC(OC)(OC)OC)c1ccccc1. The van der Waals surface area contributed by atoms with E-state index < -0.39 is 15.0 Å². The molecule has 0 saturated carbocycles. The van der Waals surface area contributed by atoms with Gasteiger partial charge in [-0.1, -0.05) is 54.6 Å². The molecule has 0 fully saturated rings. The fourth-order valence-corrected chi connectivity index (χ4v) is 7.16. The van der Waals surface area contributed by atoms with Crippen LogP contribution in [0.25, 0.3) is 0 Å². The summed E-state index contributed by atoms with van der Waals surface area (Å²) < 4.78 is 35.4. The average Bonchev–Trinajstić information content (AvgIpc) is 2.99. The fourth-order valence-electron chi connectivity index (χ4n) is 4.55. The Bertz CT molecular complexity index is 913. The summed E-state index contributed by atoms with van der Waals surface area (Å²) in [6.45, 7) is 5.85. The van der Waals surface area contributed by atoms with Crippen LogP contribution in [0.5, 0.6) is 0 Å². The van der Waals surface area contributed by atoms with Crippen LogP contribution in [0.4, 0.5) is 5.69 Å². The van der Waals surface area contributed by atoms with Gasteiger partial charge in [0.15, 0.2) is 0 Å². The minimum absolute atomic E-state index is 0.0281. The maximum absolute atomic E-state index is 6.63. The Labute approximate surface area is 235 Å². The number of methoxy groups -OCH3 is 3. The molecule has 3 unspecified atom stereocenters. The zero-order valence-electron chi connectivity index (χ0n) is 23.9. The molecular formula is C29H47N3O6Si. The van der Waals surface area contributed by atoms with Gasteiger partial charge in [-0.15, -0.1) is 6.58 Å². The van der Waals surface area contributed by atoms with Crippen molar-refractivity contribution in [2.75, 3.05) is 53.0 Å². The number of rotatable bonds is 21. The number of para-hydroxylation sites is 1. The average molecular weight is 562 g/mol. The normalized spacial score (nSPS) is 14.9. The van der Waals surface area contributed by atoms with E-state index in [2.05, 4.69) is 35.7 Å². The quantitative estimate of drug-likeness (QED) is 0.130. The lowest BCUT2D eigenvalue weighted by molar-refractivity contribution is -0.460. The van der Waals surface area contributed by atoms with Crippen molar-refractivity contribution >= 4 is 14.5 Å². The van der Waals surface area contributed by atoms with Crippen molar-refractivity contribution in [2.45, 2.75) is 50.0 Å². The molecule has 2 rings (SSSR count). The lowest BCUT2D eigenvalue weighted by Crippen LogP contribution is -2.56. The van der Waals surface area contributed by atoms with Gasteiger partial charge in [0.2, 0.25) is 0 Å². The van der Waals surface area contributed by atoms with E-state index in [9.17, 15) is 0 Å². The number of ether oxygens (including phenoxy) is 3. The van der Waals surface area contributed by atoms with Crippen molar-refractivity contribution in [3.8, 4) is 0 Å². The van der Waals surface area contributed by atoms with E-state index in [4.69, 9.17) is 39.0 Å². The molecule has 2 aromatic rings. The highest BCUT2D eigenvalue weighted by Gasteiger charge is 2.51. The first-order chi connectivity index (χ1) is 19.0. The molecule has 0 radical (unpaired) electrons. The van der Waals surface area contributed by atoms with Gasteiger partial charge in [-0.25, -0.2) is 0 Å². The van der Waals surface area contributed by atoms with Crippen LogP contribution in [0.1, 0.15) is 37.3 Å². The maximum Gasteiger partial charge on any atom is 0.506 e. The predicted molar refractivity (Wildman–Crippen MR) is 157 cm³/mol. The van der Waals surface area contributed by atoms with Gasteiger partial charge in [-0.05, 0) is 56.5 Å². The Morgan fingerprint density at radius 1 is 0.872 bits per heavy atom. The Morgan fingerprint density at radius 3 is 2.00 bits per heavy atom. The van der Waals surface area contributed by atoms with Gasteiger partial charge in [0, 0.05) is 46.7 Å². The summed E-state index contributed by atoms with van der Waals surface area (Å²) >= 11 is 0. The Morgan fingerprint density at radius 2 is 1.49 bits per heavy atom. The molecule has 39 heavy (non-hydrogen) atoms. The number of nitrogens with zero attached hydrogens (tertiary/aromatic N) is 1. The minimum atomic E-state index is -3.43. The summed E-state index contributed by atoms with van der Waals surface area (Å²) in [5.41, 5.74) is 13.9. The van der Waals surface area contributed by atoms with Crippen LogP contribution in [0.2, 0.25) is 6.04 Å². The van der Waals surface area contributed by atoms with Crippen molar-refractivity contribution < 1.29 is 27.5 Å². The van der Waals surface area contributed by atoms with Crippen LogP contribution in [0.3, 0.4) is 0 Å². The van der Waals surface area contributed by atoms with E-state index in [1.165, 1.54) is 21.3 Å². The third-order valence-electron chi connectivity index (χ3n) is 6.58. The third-order valence-corrected chi connectivity index (χ3v) is 9.42. The molecule has 0 saturated heterocycles.